The van der Waals surface area contributed by atoms with Gasteiger partial charge in [0.2, 0.25) is 5.95 Å². The molecule has 2 atom stereocenters. The van der Waals surface area contributed by atoms with Crippen molar-refractivity contribution >= 4 is 45.4 Å². The fourth-order valence-corrected chi connectivity index (χ4v) is 4.06. The maximum absolute atomic E-state index is 14.3. The van der Waals surface area contributed by atoms with Crippen molar-refractivity contribution in [2.75, 3.05) is 29.9 Å². The first-order valence-electron chi connectivity index (χ1n) is 9.69. The molecule has 8 heteroatoms. The van der Waals surface area contributed by atoms with Gasteiger partial charge in [0.15, 0.2) is 9.83 Å². The molecule has 3 aromatic rings. The Morgan fingerprint density at radius 3 is 2.73 bits per heavy atom. The van der Waals surface area contributed by atoms with Crippen LogP contribution in [-0.4, -0.2) is 39.3 Å². The number of aromatic nitrogens is 3. The van der Waals surface area contributed by atoms with E-state index in [9.17, 15) is 8.78 Å². The highest BCUT2D eigenvalue weighted by atomic mass is 127. The Kier molecular flexibility index (Phi) is 6.12. The molecule has 0 N–H and O–H groups in total. The number of pyridine rings is 1. The zero-order valence-corrected chi connectivity index (χ0v) is 18.7. The topological polar surface area (TPSA) is 45.2 Å². The molecular formula is C22H22F2IN5. The van der Waals surface area contributed by atoms with Crippen LogP contribution in [0.5, 0.6) is 0 Å². The van der Waals surface area contributed by atoms with Crippen LogP contribution in [0.4, 0.5) is 20.5 Å². The summed E-state index contributed by atoms with van der Waals surface area (Å²) in [6.45, 7) is 5.20. The SMILES string of the molecule is C=CC(F)c1ccccc1CN(C)c1nc(N2CC(C(F)I)C2)nc2ncccc12. The average Bonchev–Trinajstić information content (AvgIpc) is 2.71. The lowest BCUT2D eigenvalue weighted by molar-refractivity contribution is 0.286. The lowest BCUT2D eigenvalue weighted by Crippen LogP contribution is -2.50. The molecule has 1 saturated heterocycles. The van der Waals surface area contributed by atoms with Gasteiger partial charge in [-0.3, -0.25) is 0 Å². The van der Waals surface area contributed by atoms with E-state index in [1.165, 1.54) is 6.08 Å². The second-order valence-corrected chi connectivity index (χ2v) is 8.60. The molecule has 0 amide bonds. The number of nitrogens with zero attached hydrogens (tertiary/aromatic N) is 5. The first-order chi connectivity index (χ1) is 14.5. The smallest absolute Gasteiger partial charge is 0.229 e. The predicted octanol–water partition coefficient (Wildman–Crippen LogP) is 5.02. The number of hydrogen-bond acceptors (Lipinski definition) is 5. The van der Waals surface area contributed by atoms with Gasteiger partial charge in [-0.15, -0.1) is 0 Å². The van der Waals surface area contributed by atoms with Crippen LogP contribution in [0.25, 0.3) is 11.0 Å². The summed E-state index contributed by atoms with van der Waals surface area (Å²) >= 11 is 1.81. The molecule has 0 radical (unpaired) electrons. The molecule has 1 aliphatic heterocycles. The summed E-state index contributed by atoms with van der Waals surface area (Å²) in [5, 5.41) is 0.816. The molecule has 5 nitrogen and oxygen atoms in total. The van der Waals surface area contributed by atoms with Crippen LogP contribution < -0.4 is 9.80 Å². The van der Waals surface area contributed by atoms with Crippen LogP contribution in [0.2, 0.25) is 0 Å². The van der Waals surface area contributed by atoms with Gasteiger partial charge in [0, 0.05) is 38.8 Å². The minimum absolute atomic E-state index is 0.0120. The van der Waals surface area contributed by atoms with E-state index in [4.69, 9.17) is 4.98 Å². The van der Waals surface area contributed by atoms with Gasteiger partial charge in [0.1, 0.15) is 12.0 Å². The molecule has 3 heterocycles. The fraction of sp³-hybridized carbons (Fsp3) is 0.318. The van der Waals surface area contributed by atoms with Crippen molar-refractivity contribution in [2.24, 2.45) is 5.92 Å². The standard InChI is InChI=1S/C22H22F2IN5/c1-3-18(23)16-8-5-4-7-14(16)11-29(2)21-17-9-6-10-26-20(17)27-22(28-21)30-12-15(13-30)19(24)25/h3-10,15,18-19H,1,11-13H2,2H3. The third-order valence-electron chi connectivity index (χ3n) is 5.32. The van der Waals surface area contributed by atoms with Crippen molar-refractivity contribution in [3.63, 3.8) is 0 Å². The first-order valence-corrected chi connectivity index (χ1v) is 10.9. The number of rotatable bonds is 7. The van der Waals surface area contributed by atoms with E-state index in [-0.39, 0.29) is 5.92 Å². The summed E-state index contributed by atoms with van der Waals surface area (Å²) in [6.07, 6.45) is 1.76. The summed E-state index contributed by atoms with van der Waals surface area (Å²) < 4.78 is 27.0. The number of alkyl halides is 3. The van der Waals surface area contributed by atoms with Crippen molar-refractivity contribution in [1.29, 1.82) is 0 Å². The largest absolute Gasteiger partial charge is 0.355 e. The summed E-state index contributed by atoms with van der Waals surface area (Å²) in [5.41, 5.74) is 2.04. The van der Waals surface area contributed by atoms with E-state index in [2.05, 4.69) is 16.5 Å². The summed E-state index contributed by atoms with van der Waals surface area (Å²) in [6, 6.07) is 11.2. The lowest BCUT2D eigenvalue weighted by Gasteiger charge is -2.39. The van der Waals surface area contributed by atoms with Crippen molar-refractivity contribution in [3.05, 3.63) is 66.4 Å². The van der Waals surface area contributed by atoms with Crippen LogP contribution >= 0.6 is 22.6 Å². The number of halogens is 3. The molecule has 2 unspecified atom stereocenters. The molecule has 0 aliphatic carbocycles. The van der Waals surface area contributed by atoms with Gasteiger partial charge in [-0.25, -0.2) is 13.8 Å². The molecule has 1 aromatic carbocycles. The third-order valence-corrected chi connectivity index (χ3v) is 6.33. The van der Waals surface area contributed by atoms with Crippen LogP contribution in [0, 0.1) is 5.92 Å². The minimum Gasteiger partial charge on any atom is -0.355 e. The number of hydrogen-bond donors (Lipinski definition) is 0. The normalized spacial score (nSPS) is 16.2. The Morgan fingerprint density at radius 2 is 2.00 bits per heavy atom. The fourth-order valence-electron chi connectivity index (χ4n) is 3.61. The Morgan fingerprint density at radius 1 is 1.23 bits per heavy atom. The van der Waals surface area contributed by atoms with Gasteiger partial charge < -0.3 is 9.80 Å². The lowest BCUT2D eigenvalue weighted by atomic mass is 10.0. The summed E-state index contributed by atoms with van der Waals surface area (Å²) in [7, 11) is 1.91. The molecular weight excluding hydrogens is 499 g/mol. The van der Waals surface area contributed by atoms with Gasteiger partial charge in [0.05, 0.1) is 5.39 Å². The van der Waals surface area contributed by atoms with Crippen LogP contribution in [-0.2, 0) is 6.54 Å². The third kappa shape index (κ3) is 4.10. The summed E-state index contributed by atoms with van der Waals surface area (Å²) in [4.78, 5) is 17.7. The van der Waals surface area contributed by atoms with Crippen molar-refractivity contribution in [2.45, 2.75) is 16.9 Å². The molecule has 1 aliphatic rings. The van der Waals surface area contributed by atoms with E-state index in [0.717, 1.165) is 10.9 Å². The second-order valence-electron chi connectivity index (χ2n) is 7.41. The van der Waals surface area contributed by atoms with Crippen molar-refractivity contribution < 1.29 is 8.78 Å². The van der Waals surface area contributed by atoms with E-state index >= 15 is 0 Å². The van der Waals surface area contributed by atoms with Gasteiger partial charge in [-0.2, -0.15) is 9.97 Å². The molecule has 156 valence electrons. The highest BCUT2D eigenvalue weighted by Gasteiger charge is 2.34. The van der Waals surface area contributed by atoms with E-state index in [1.54, 1.807) is 12.3 Å². The molecule has 1 fully saturated rings. The minimum atomic E-state index is -1.23. The first kappa shape index (κ1) is 20.9. The molecule has 0 bridgehead atoms. The number of benzene rings is 1. The molecule has 2 aromatic heterocycles. The highest BCUT2D eigenvalue weighted by molar-refractivity contribution is 14.1. The van der Waals surface area contributed by atoms with E-state index < -0.39 is 10.4 Å². The van der Waals surface area contributed by atoms with Crippen LogP contribution in [0.1, 0.15) is 17.3 Å². The number of fused-ring (bicyclic) bond motifs is 1. The second kappa shape index (κ2) is 8.79. The maximum Gasteiger partial charge on any atom is 0.229 e. The Balaban J connectivity index is 1.67. The average molecular weight is 521 g/mol. The molecule has 4 rings (SSSR count). The molecule has 0 spiro atoms. The van der Waals surface area contributed by atoms with Gasteiger partial charge in [-0.05, 0) is 45.9 Å². The van der Waals surface area contributed by atoms with Crippen LogP contribution in [0.15, 0.2) is 55.3 Å². The van der Waals surface area contributed by atoms with Gasteiger partial charge in [-0.1, -0.05) is 36.9 Å². The quantitative estimate of drug-likeness (QED) is 0.248. The van der Waals surface area contributed by atoms with Crippen LogP contribution in [0.3, 0.4) is 0 Å². The number of anilines is 2. The Hall–Kier alpha value is -2.36. The zero-order chi connectivity index (χ0) is 21.3. The highest BCUT2D eigenvalue weighted by Crippen LogP contribution is 2.32. The van der Waals surface area contributed by atoms with E-state index in [0.29, 0.717) is 42.6 Å². The van der Waals surface area contributed by atoms with Gasteiger partial charge >= 0.3 is 0 Å². The predicted molar refractivity (Wildman–Crippen MR) is 125 cm³/mol. The maximum atomic E-state index is 14.3. The Labute approximate surface area is 188 Å². The monoisotopic (exact) mass is 521 g/mol. The van der Waals surface area contributed by atoms with Crippen molar-refractivity contribution in [1.82, 2.24) is 15.0 Å². The Bertz CT molecular complexity index is 1050. The zero-order valence-electron chi connectivity index (χ0n) is 16.5. The molecule has 30 heavy (non-hydrogen) atoms. The van der Waals surface area contributed by atoms with Crippen molar-refractivity contribution in [3.8, 4) is 0 Å². The van der Waals surface area contributed by atoms with E-state index in [1.807, 2.05) is 69.8 Å². The van der Waals surface area contributed by atoms with Gasteiger partial charge in [0.25, 0.3) is 0 Å². The summed E-state index contributed by atoms with van der Waals surface area (Å²) in [5.74, 6) is 1.24. The molecule has 0 saturated carbocycles. The number of allylic oxidation sites excluding steroid dienone is 1.